The SMILES string of the molecule is COc1cc(F)cc(CN=C(NCC(=O)N(C)C)NC(C)c2ccccc2)c1.I. The first-order chi connectivity index (χ1) is 13.4. The minimum absolute atomic E-state index is 0. The number of guanidine groups is 1. The fourth-order valence-electron chi connectivity index (χ4n) is 2.50. The van der Waals surface area contributed by atoms with E-state index >= 15 is 0 Å². The minimum atomic E-state index is -0.382. The third-order valence-corrected chi connectivity index (χ3v) is 4.15. The molecule has 0 aliphatic heterocycles. The Bertz CT molecular complexity index is 816. The Morgan fingerprint density at radius 3 is 2.52 bits per heavy atom. The van der Waals surface area contributed by atoms with Crippen LogP contribution in [0.2, 0.25) is 0 Å². The van der Waals surface area contributed by atoms with Gasteiger partial charge in [-0.15, -0.1) is 24.0 Å². The maximum absolute atomic E-state index is 13.7. The van der Waals surface area contributed by atoms with Crippen LogP contribution in [0.4, 0.5) is 4.39 Å². The number of carbonyl (C=O) groups is 1. The fraction of sp³-hybridized carbons (Fsp3) is 0.333. The summed E-state index contributed by atoms with van der Waals surface area (Å²) in [4.78, 5) is 17.9. The Morgan fingerprint density at radius 1 is 1.21 bits per heavy atom. The van der Waals surface area contributed by atoms with Crippen molar-refractivity contribution in [3.8, 4) is 5.75 Å². The van der Waals surface area contributed by atoms with E-state index in [1.54, 1.807) is 20.2 Å². The second-order valence-corrected chi connectivity index (χ2v) is 6.58. The average molecular weight is 514 g/mol. The molecule has 0 aliphatic rings. The van der Waals surface area contributed by atoms with E-state index in [1.165, 1.54) is 24.1 Å². The maximum atomic E-state index is 13.7. The highest BCUT2D eigenvalue weighted by molar-refractivity contribution is 14.0. The molecule has 0 spiro atoms. The van der Waals surface area contributed by atoms with Gasteiger partial charge in [-0.2, -0.15) is 0 Å². The van der Waals surface area contributed by atoms with E-state index < -0.39 is 0 Å². The van der Waals surface area contributed by atoms with Crippen LogP contribution in [0.3, 0.4) is 0 Å². The molecule has 0 radical (unpaired) electrons. The van der Waals surface area contributed by atoms with Crippen molar-refractivity contribution in [3.63, 3.8) is 0 Å². The number of carbonyl (C=O) groups excluding carboxylic acids is 1. The summed E-state index contributed by atoms with van der Waals surface area (Å²) in [7, 11) is 4.88. The first-order valence-corrected chi connectivity index (χ1v) is 9.02. The zero-order chi connectivity index (χ0) is 20.5. The lowest BCUT2D eigenvalue weighted by Crippen LogP contribution is -2.43. The van der Waals surface area contributed by atoms with E-state index in [0.29, 0.717) is 17.3 Å². The van der Waals surface area contributed by atoms with Crippen molar-refractivity contribution >= 4 is 35.8 Å². The third-order valence-electron chi connectivity index (χ3n) is 4.15. The Labute approximate surface area is 188 Å². The van der Waals surface area contributed by atoms with Crippen molar-refractivity contribution < 1.29 is 13.9 Å². The predicted octanol–water partition coefficient (Wildman–Crippen LogP) is 3.34. The molecule has 158 valence electrons. The quantitative estimate of drug-likeness (QED) is 0.338. The summed E-state index contributed by atoms with van der Waals surface area (Å²) in [5.41, 5.74) is 1.76. The molecule has 0 saturated carbocycles. The van der Waals surface area contributed by atoms with Crippen molar-refractivity contribution in [2.24, 2.45) is 4.99 Å². The number of ether oxygens (including phenoxy) is 1. The summed E-state index contributed by atoms with van der Waals surface area (Å²) in [6, 6.07) is 14.3. The largest absolute Gasteiger partial charge is 0.497 e. The Hall–Kier alpha value is -2.36. The monoisotopic (exact) mass is 514 g/mol. The highest BCUT2D eigenvalue weighted by Crippen LogP contribution is 2.17. The lowest BCUT2D eigenvalue weighted by molar-refractivity contribution is -0.127. The predicted molar refractivity (Wildman–Crippen MR) is 124 cm³/mol. The molecular weight excluding hydrogens is 486 g/mol. The molecule has 29 heavy (non-hydrogen) atoms. The average Bonchev–Trinajstić information content (AvgIpc) is 2.69. The Morgan fingerprint density at radius 2 is 1.90 bits per heavy atom. The molecule has 6 nitrogen and oxygen atoms in total. The number of nitrogens with one attached hydrogen (secondary N) is 2. The van der Waals surface area contributed by atoms with E-state index in [1.807, 2.05) is 37.3 Å². The van der Waals surface area contributed by atoms with Crippen LogP contribution in [0.5, 0.6) is 5.75 Å². The number of likely N-dealkylation sites (N-methyl/N-ethyl adjacent to an activating group) is 1. The maximum Gasteiger partial charge on any atom is 0.241 e. The summed E-state index contributed by atoms with van der Waals surface area (Å²) in [6.07, 6.45) is 0. The Kier molecular flexibility index (Phi) is 10.4. The first-order valence-electron chi connectivity index (χ1n) is 9.02. The van der Waals surface area contributed by atoms with Gasteiger partial charge in [0.05, 0.1) is 26.2 Å². The summed E-state index contributed by atoms with van der Waals surface area (Å²) in [5.74, 6) is 0.449. The minimum Gasteiger partial charge on any atom is -0.497 e. The molecule has 0 heterocycles. The third kappa shape index (κ3) is 8.26. The number of hydrogen-bond acceptors (Lipinski definition) is 3. The molecule has 1 atom stereocenters. The van der Waals surface area contributed by atoms with Gasteiger partial charge in [-0.25, -0.2) is 9.38 Å². The molecule has 1 unspecified atom stereocenters. The summed E-state index contributed by atoms with van der Waals surface area (Å²) >= 11 is 0. The van der Waals surface area contributed by atoms with Gasteiger partial charge < -0.3 is 20.3 Å². The van der Waals surface area contributed by atoms with Crippen molar-refractivity contribution in [1.82, 2.24) is 15.5 Å². The van der Waals surface area contributed by atoms with Crippen molar-refractivity contribution in [2.75, 3.05) is 27.7 Å². The molecule has 2 aromatic carbocycles. The van der Waals surface area contributed by atoms with Crippen LogP contribution in [0, 0.1) is 5.82 Å². The highest BCUT2D eigenvalue weighted by Gasteiger charge is 2.10. The van der Waals surface area contributed by atoms with Crippen LogP contribution >= 0.6 is 24.0 Å². The van der Waals surface area contributed by atoms with Crippen molar-refractivity contribution in [3.05, 3.63) is 65.5 Å². The van der Waals surface area contributed by atoms with Gasteiger partial charge in [0.1, 0.15) is 11.6 Å². The van der Waals surface area contributed by atoms with E-state index in [4.69, 9.17) is 4.74 Å². The van der Waals surface area contributed by atoms with Gasteiger partial charge in [-0.1, -0.05) is 30.3 Å². The number of benzene rings is 2. The van der Waals surface area contributed by atoms with Gasteiger partial charge in [0.2, 0.25) is 5.91 Å². The van der Waals surface area contributed by atoms with Crippen molar-refractivity contribution in [1.29, 1.82) is 0 Å². The topological polar surface area (TPSA) is 66.0 Å². The normalized spacial score (nSPS) is 11.8. The van der Waals surface area contributed by atoms with Crippen LogP contribution in [-0.2, 0) is 11.3 Å². The lowest BCUT2D eigenvalue weighted by atomic mass is 10.1. The van der Waals surface area contributed by atoms with Crippen LogP contribution in [0.25, 0.3) is 0 Å². The lowest BCUT2D eigenvalue weighted by Gasteiger charge is -2.19. The standard InChI is InChI=1S/C21H27FN4O2.HI/c1-15(17-8-6-5-7-9-17)25-21(24-14-20(27)26(2)3)23-13-16-10-18(22)12-19(11-16)28-4;/h5-12,15H,13-14H2,1-4H3,(H2,23,24,25);1H. The van der Waals surface area contributed by atoms with E-state index in [0.717, 1.165) is 5.56 Å². The second-order valence-electron chi connectivity index (χ2n) is 6.58. The second kappa shape index (κ2) is 12.3. The molecule has 0 aromatic heterocycles. The Balaban J connectivity index is 0.00000420. The molecule has 0 fully saturated rings. The van der Waals surface area contributed by atoms with Crippen LogP contribution < -0.4 is 15.4 Å². The molecule has 1 amide bonds. The zero-order valence-electron chi connectivity index (χ0n) is 17.1. The molecule has 0 bridgehead atoms. The number of nitrogens with zero attached hydrogens (tertiary/aromatic N) is 2. The van der Waals surface area contributed by atoms with Gasteiger partial charge in [0.15, 0.2) is 5.96 Å². The number of aliphatic imine (C=N–C) groups is 1. The number of rotatable bonds is 7. The summed E-state index contributed by atoms with van der Waals surface area (Å²) in [5, 5.41) is 6.32. The van der Waals surface area contributed by atoms with Gasteiger partial charge in [-0.05, 0) is 30.2 Å². The molecule has 8 heteroatoms. The van der Waals surface area contributed by atoms with E-state index in [2.05, 4.69) is 15.6 Å². The molecule has 2 rings (SSSR count). The molecular formula is C21H28FIN4O2. The smallest absolute Gasteiger partial charge is 0.241 e. The number of amides is 1. The number of halogens is 2. The van der Waals surface area contributed by atoms with E-state index in [9.17, 15) is 9.18 Å². The first kappa shape index (κ1) is 24.7. The van der Waals surface area contributed by atoms with Gasteiger partial charge in [0, 0.05) is 20.2 Å². The number of methoxy groups -OCH3 is 1. The van der Waals surface area contributed by atoms with Gasteiger partial charge >= 0.3 is 0 Å². The number of hydrogen-bond donors (Lipinski definition) is 2. The molecule has 0 aliphatic carbocycles. The highest BCUT2D eigenvalue weighted by atomic mass is 127. The van der Waals surface area contributed by atoms with E-state index in [-0.39, 0.29) is 54.8 Å². The van der Waals surface area contributed by atoms with Crippen LogP contribution in [-0.4, -0.2) is 44.5 Å². The van der Waals surface area contributed by atoms with Gasteiger partial charge in [0.25, 0.3) is 0 Å². The molecule has 0 saturated heterocycles. The molecule has 2 aromatic rings. The van der Waals surface area contributed by atoms with Crippen LogP contribution in [0.1, 0.15) is 24.1 Å². The summed E-state index contributed by atoms with van der Waals surface area (Å²) < 4.78 is 18.8. The zero-order valence-corrected chi connectivity index (χ0v) is 19.4. The van der Waals surface area contributed by atoms with Crippen LogP contribution in [0.15, 0.2) is 53.5 Å². The van der Waals surface area contributed by atoms with Gasteiger partial charge in [-0.3, -0.25) is 4.79 Å². The molecule has 2 N–H and O–H groups in total. The fourth-order valence-corrected chi connectivity index (χ4v) is 2.50. The summed E-state index contributed by atoms with van der Waals surface area (Å²) in [6.45, 7) is 2.35. The van der Waals surface area contributed by atoms with Crippen molar-refractivity contribution in [2.45, 2.75) is 19.5 Å².